The van der Waals surface area contributed by atoms with Gasteiger partial charge in [0.25, 0.3) is 0 Å². The van der Waals surface area contributed by atoms with Crippen molar-refractivity contribution in [2.45, 2.75) is 24.3 Å². The molecule has 0 unspecified atom stereocenters. The zero-order valence-corrected chi connectivity index (χ0v) is 23.5. The first-order valence-electron chi connectivity index (χ1n) is 12.2. The van der Waals surface area contributed by atoms with Gasteiger partial charge in [0.05, 0.1) is 21.8 Å². The van der Waals surface area contributed by atoms with Gasteiger partial charge in [0.2, 0.25) is 0 Å². The van der Waals surface area contributed by atoms with E-state index < -0.39 is 33.0 Å². The van der Waals surface area contributed by atoms with Crippen molar-refractivity contribution in [2.24, 2.45) is 0 Å². The minimum atomic E-state index is -4.84. The summed E-state index contributed by atoms with van der Waals surface area (Å²) in [5.74, 6) is -0.249. The number of oxazole rings is 1. The summed E-state index contributed by atoms with van der Waals surface area (Å²) in [5.41, 5.74) is 0.361. The number of fused-ring (bicyclic) bond motifs is 1. The zero-order chi connectivity index (χ0) is 30.9. The highest BCUT2D eigenvalue weighted by Crippen LogP contribution is 2.45. The Bertz CT molecular complexity index is 2020. The van der Waals surface area contributed by atoms with E-state index in [4.69, 9.17) is 16.0 Å². The molecule has 1 aliphatic heterocycles. The predicted octanol–water partition coefficient (Wildman–Crippen LogP) is 7.57. The molecule has 3 aromatic carbocycles. The van der Waals surface area contributed by atoms with Crippen molar-refractivity contribution in [3.8, 4) is 50.9 Å². The summed E-state index contributed by atoms with van der Waals surface area (Å²) in [4.78, 5) is 4.45. The molecule has 0 aliphatic carbocycles. The van der Waals surface area contributed by atoms with Crippen LogP contribution in [0.15, 0.2) is 76.2 Å². The van der Waals surface area contributed by atoms with Crippen LogP contribution < -0.4 is 9.47 Å². The van der Waals surface area contributed by atoms with E-state index in [0.29, 0.717) is 11.1 Å². The molecule has 0 fully saturated rings. The summed E-state index contributed by atoms with van der Waals surface area (Å²) < 4.78 is 108. The molecule has 222 valence electrons. The first kappa shape index (κ1) is 28.7. The van der Waals surface area contributed by atoms with Crippen LogP contribution in [0.5, 0.6) is 11.5 Å². The lowest BCUT2D eigenvalue weighted by Crippen LogP contribution is -2.25. The maximum atomic E-state index is 13.7. The van der Waals surface area contributed by atoms with E-state index in [2.05, 4.69) is 19.6 Å². The second-order valence-electron chi connectivity index (χ2n) is 9.54. The van der Waals surface area contributed by atoms with Gasteiger partial charge in [-0.2, -0.15) is 18.3 Å². The summed E-state index contributed by atoms with van der Waals surface area (Å²) in [6, 6.07) is 14.6. The molecule has 1 aliphatic rings. The van der Waals surface area contributed by atoms with Gasteiger partial charge >= 0.3 is 12.5 Å². The van der Waals surface area contributed by atoms with Crippen LogP contribution in [0.1, 0.15) is 11.6 Å². The van der Waals surface area contributed by atoms with Gasteiger partial charge in [0.1, 0.15) is 5.69 Å². The molecule has 2 aromatic heterocycles. The summed E-state index contributed by atoms with van der Waals surface area (Å²) in [6.07, 6.45) is -6.65. The lowest BCUT2D eigenvalue weighted by atomic mass is 9.98. The van der Waals surface area contributed by atoms with E-state index >= 15 is 0 Å². The minimum Gasteiger partial charge on any atom is -0.440 e. The van der Waals surface area contributed by atoms with E-state index in [0.717, 1.165) is 17.1 Å². The number of benzene rings is 3. The predicted molar refractivity (Wildman–Crippen MR) is 144 cm³/mol. The monoisotopic (exact) mass is 637 g/mol. The SMILES string of the molecule is Cc1nc(-c2ccc3c(c2)OC(F)(F)O3)c(-c2cc(-c3cccc(S(C)(=O)=O)c3)ccc2-n2cc(Cl)c(C(F)(F)F)n2)o1. The maximum absolute atomic E-state index is 13.7. The maximum Gasteiger partial charge on any atom is 0.586 e. The molecule has 3 heterocycles. The fourth-order valence-corrected chi connectivity index (χ4v) is 5.48. The number of halogens is 6. The summed E-state index contributed by atoms with van der Waals surface area (Å²) >= 11 is 5.89. The van der Waals surface area contributed by atoms with Crippen molar-refractivity contribution < 1.29 is 44.3 Å². The van der Waals surface area contributed by atoms with Gasteiger partial charge < -0.3 is 13.9 Å². The molecule has 0 saturated heterocycles. The first-order chi connectivity index (χ1) is 20.1. The van der Waals surface area contributed by atoms with E-state index in [1.54, 1.807) is 24.3 Å². The van der Waals surface area contributed by atoms with E-state index in [9.17, 15) is 30.4 Å². The molecule has 43 heavy (non-hydrogen) atoms. The fourth-order valence-electron chi connectivity index (χ4n) is 4.57. The Labute approximate surface area is 245 Å². The van der Waals surface area contributed by atoms with Crippen LogP contribution in [-0.4, -0.2) is 35.7 Å². The molecule has 0 saturated carbocycles. The van der Waals surface area contributed by atoms with Gasteiger partial charge in [0, 0.05) is 24.3 Å². The number of alkyl halides is 5. The average molecular weight is 638 g/mol. The summed E-state index contributed by atoms with van der Waals surface area (Å²) in [7, 11) is -3.55. The topological polar surface area (TPSA) is 96.5 Å². The largest absolute Gasteiger partial charge is 0.586 e. The van der Waals surface area contributed by atoms with E-state index in [1.807, 2.05) is 0 Å². The van der Waals surface area contributed by atoms with Gasteiger partial charge in [-0.25, -0.2) is 18.1 Å². The number of ether oxygens (including phenoxy) is 2. The molecule has 6 rings (SSSR count). The Morgan fingerprint density at radius 3 is 2.33 bits per heavy atom. The molecule has 0 amide bonds. The van der Waals surface area contributed by atoms with E-state index in [1.165, 1.54) is 43.3 Å². The zero-order valence-electron chi connectivity index (χ0n) is 21.9. The number of aromatic nitrogens is 3. The minimum absolute atomic E-state index is 0.0534. The van der Waals surface area contributed by atoms with Crippen LogP contribution in [0.4, 0.5) is 22.0 Å². The third-order valence-corrected chi connectivity index (χ3v) is 7.82. The van der Waals surface area contributed by atoms with Gasteiger partial charge in [-0.1, -0.05) is 29.8 Å². The molecule has 8 nitrogen and oxygen atoms in total. The molecular weight excluding hydrogens is 621 g/mol. The molecule has 0 atom stereocenters. The Balaban J connectivity index is 1.57. The van der Waals surface area contributed by atoms with Gasteiger partial charge in [0.15, 0.2) is 38.7 Å². The third-order valence-electron chi connectivity index (χ3n) is 6.43. The highest BCUT2D eigenvalue weighted by Gasteiger charge is 2.43. The van der Waals surface area contributed by atoms with E-state index in [-0.39, 0.29) is 50.6 Å². The van der Waals surface area contributed by atoms with Crippen molar-refractivity contribution in [3.63, 3.8) is 0 Å². The second-order valence-corrected chi connectivity index (χ2v) is 12.0. The molecular formula is C28H17ClF5N3O5S. The number of hydrogen-bond acceptors (Lipinski definition) is 7. The van der Waals surface area contributed by atoms with Crippen molar-refractivity contribution in [2.75, 3.05) is 6.26 Å². The smallest absolute Gasteiger partial charge is 0.440 e. The summed E-state index contributed by atoms with van der Waals surface area (Å²) in [5, 5.41) is 3.01. The van der Waals surface area contributed by atoms with Crippen molar-refractivity contribution in [3.05, 3.63) is 83.5 Å². The number of aryl methyl sites for hydroxylation is 1. The van der Waals surface area contributed by atoms with Crippen LogP contribution in [0.3, 0.4) is 0 Å². The number of hydrogen-bond donors (Lipinski definition) is 0. The fraction of sp³-hybridized carbons (Fsp3) is 0.143. The quantitative estimate of drug-likeness (QED) is 0.183. The van der Waals surface area contributed by atoms with Crippen LogP contribution in [0.2, 0.25) is 5.02 Å². The van der Waals surface area contributed by atoms with Crippen molar-refractivity contribution in [1.82, 2.24) is 14.8 Å². The third kappa shape index (κ3) is 5.43. The molecule has 0 spiro atoms. The number of sulfone groups is 1. The standard InChI is InChI=1S/C28H17ClF5N3O5S/c1-14-35-24(17-7-9-22-23(12-17)42-28(33,34)41-22)25(40-14)19-11-16(15-4-3-5-18(10-15)43(2,38)39)6-8-21(19)37-13-20(29)26(36-37)27(30,31)32/h3-13H,1-2H3. The Hall–Kier alpha value is -4.43. The normalized spacial score (nSPS) is 14.3. The van der Waals surface area contributed by atoms with Crippen LogP contribution in [-0.2, 0) is 16.0 Å². The highest BCUT2D eigenvalue weighted by molar-refractivity contribution is 7.90. The number of rotatable bonds is 5. The molecule has 15 heteroatoms. The number of nitrogens with zero attached hydrogens (tertiary/aromatic N) is 3. The Morgan fingerprint density at radius 1 is 0.930 bits per heavy atom. The summed E-state index contributed by atoms with van der Waals surface area (Å²) in [6.45, 7) is 1.53. The van der Waals surface area contributed by atoms with Crippen LogP contribution in [0.25, 0.3) is 39.4 Å². The lowest BCUT2D eigenvalue weighted by molar-refractivity contribution is -0.286. The second kappa shape index (κ2) is 9.81. The van der Waals surface area contributed by atoms with Crippen LogP contribution >= 0.6 is 11.6 Å². The van der Waals surface area contributed by atoms with Gasteiger partial charge in [-0.15, -0.1) is 8.78 Å². The average Bonchev–Trinajstić information content (AvgIpc) is 3.60. The highest BCUT2D eigenvalue weighted by atomic mass is 35.5. The molecule has 5 aromatic rings. The molecule has 0 radical (unpaired) electrons. The Kier molecular flexibility index (Phi) is 6.54. The van der Waals surface area contributed by atoms with Gasteiger partial charge in [-0.3, -0.25) is 0 Å². The molecule has 0 bridgehead atoms. The molecule has 0 N–H and O–H groups in total. The van der Waals surface area contributed by atoms with Crippen molar-refractivity contribution >= 4 is 21.4 Å². The van der Waals surface area contributed by atoms with Crippen molar-refractivity contribution in [1.29, 1.82) is 0 Å². The first-order valence-corrected chi connectivity index (χ1v) is 14.5. The van der Waals surface area contributed by atoms with Gasteiger partial charge in [-0.05, 0) is 53.6 Å². The van der Waals surface area contributed by atoms with Crippen LogP contribution in [0, 0.1) is 6.92 Å². The lowest BCUT2D eigenvalue weighted by Gasteiger charge is -2.13. The Morgan fingerprint density at radius 2 is 1.63 bits per heavy atom.